The Balaban J connectivity index is 0.000000247. The van der Waals surface area contributed by atoms with E-state index in [2.05, 4.69) is 0 Å². The summed E-state index contributed by atoms with van der Waals surface area (Å²) < 4.78 is 18.2. The smallest absolute Gasteiger partial charge is 0.115 e. The summed E-state index contributed by atoms with van der Waals surface area (Å²) in [5.41, 5.74) is 0. The molecule has 0 bridgehead atoms. The predicted octanol–water partition coefficient (Wildman–Crippen LogP) is 3.56. The Morgan fingerprint density at radius 2 is 0.882 bits per heavy atom. The molecule has 0 radical (unpaired) electrons. The molecule has 3 nitrogen and oxygen atoms in total. The van der Waals surface area contributed by atoms with Crippen LogP contribution in [0.3, 0.4) is 0 Å². The van der Waals surface area contributed by atoms with Crippen LogP contribution in [0.25, 0.3) is 0 Å². The zero-order valence-electron chi connectivity index (χ0n) is 8.83. The molecule has 2 aromatic rings. The van der Waals surface area contributed by atoms with E-state index in [1.807, 2.05) is 12.1 Å². The second-order valence-electron chi connectivity index (χ2n) is 2.73. The van der Waals surface area contributed by atoms with Crippen LogP contribution in [0.15, 0.2) is 60.7 Å². The van der Waals surface area contributed by atoms with Gasteiger partial charge in [-0.2, -0.15) is 0 Å². The van der Waals surface area contributed by atoms with Crippen LogP contribution in [-0.4, -0.2) is 10.2 Å². The minimum atomic E-state index is 0.322. The molecule has 0 aliphatic heterocycles. The monoisotopic (exact) mass is 242 g/mol. The molecule has 5 heteroatoms. The summed E-state index contributed by atoms with van der Waals surface area (Å²) in [6.07, 6.45) is 0. The van der Waals surface area contributed by atoms with Crippen molar-refractivity contribution in [3.63, 3.8) is 0 Å². The molecule has 2 aromatic carbocycles. The first kappa shape index (κ1) is 14.9. The van der Waals surface area contributed by atoms with E-state index in [-0.39, 0.29) is 0 Å². The first-order chi connectivity index (χ1) is 8.20. The summed E-state index contributed by atoms with van der Waals surface area (Å²) >= 11 is 0. The fourth-order valence-electron chi connectivity index (χ4n) is 0.856. The van der Waals surface area contributed by atoms with Crippen molar-refractivity contribution in [3.8, 4) is 11.5 Å². The van der Waals surface area contributed by atoms with Gasteiger partial charge in [-0.25, -0.2) is 0 Å². The van der Waals surface area contributed by atoms with Gasteiger partial charge in [-0.1, -0.05) is 36.4 Å². The number of aromatic hydroxyl groups is 2. The Bertz CT molecular complexity index is 331. The molecule has 2 N–H and O–H groups in total. The van der Waals surface area contributed by atoms with Crippen molar-refractivity contribution < 1.29 is 24.4 Å². The Morgan fingerprint density at radius 3 is 1.00 bits per heavy atom. The Kier molecular flexibility index (Phi) is 9.07. The number of hydrogen-bond acceptors (Lipinski definition) is 3. The normalized spacial score (nSPS) is 8.12. The van der Waals surface area contributed by atoms with Crippen molar-refractivity contribution in [2.24, 2.45) is 0 Å². The van der Waals surface area contributed by atoms with Crippen molar-refractivity contribution >= 4 is 0 Å². The molecule has 0 aliphatic carbocycles. The van der Waals surface area contributed by atoms with Crippen LogP contribution >= 0.6 is 0 Å². The molecule has 0 amide bonds. The molecule has 2 rings (SSSR count). The van der Waals surface area contributed by atoms with E-state index in [1.54, 1.807) is 48.5 Å². The number of para-hydroxylation sites is 2. The lowest BCUT2D eigenvalue weighted by Gasteiger charge is -1.82. The molecule has 0 unspecified atom stereocenters. The van der Waals surface area contributed by atoms with Crippen LogP contribution in [0.1, 0.15) is 0 Å². The van der Waals surface area contributed by atoms with Gasteiger partial charge in [0.15, 0.2) is 0 Å². The number of phenolic OH excluding ortho intramolecular Hbond substituents is 2. The van der Waals surface area contributed by atoms with E-state index in [0.717, 1.165) is 0 Å². The molecule has 17 heavy (non-hydrogen) atoms. The highest BCUT2D eigenvalue weighted by Gasteiger charge is 1.75. The van der Waals surface area contributed by atoms with E-state index in [0.29, 0.717) is 11.5 Å². The summed E-state index contributed by atoms with van der Waals surface area (Å²) in [5, 5.41) is 18.5. The summed E-state index contributed by atoms with van der Waals surface area (Å²) in [6, 6.07) is 17.4. The quantitative estimate of drug-likeness (QED) is 0.742. The van der Waals surface area contributed by atoms with E-state index in [4.69, 9.17) is 19.3 Å². The average Bonchev–Trinajstić information content (AvgIpc) is 2.33. The number of phenols is 2. The van der Waals surface area contributed by atoms with Crippen molar-refractivity contribution in [2.45, 2.75) is 0 Å². The van der Waals surface area contributed by atoms with Gasteiger partial charge in [-0.3, -0.25) is 0 Å². The Hall–Kier alpha value is -2.14. The summed E-state index contributed by atoms with van der Waals surface area (Å²) in [7, 11) is 0. The zero-order chi connectivity index (χ0) is 12.9. The van der Waals surface area contributed by atoms with E-state index in [9.17, 15) is 0 Å². The topological polar surface area (TPSA) is 49.7 Å². The summed E-state index contributed by atoms with van der Waals surface area (Å²) in [4.78, 5) is 0. The largest absolute Gasteiger partial charge is 0.508 e. The van der Waals surface area contributed by atoms with Gasteiger partial charge < -0.3 is 10.2 Å². The van der Waals surface area contributed by atoms with Crippen molar-refractivity contribution in [1.82, 2.24) is 0 Å². The third-order valence-electron chi connectivity index (χ3n) is 1.51. The maximum atomic E-state index is 9.12. The molecule has 0 saturated carbocycles. The molecule has 0 aromatic heterocycles. The molecule has 0 atom stereocenters. The molecule has 92 valence electrons. The first-order valence-corrected chi connectivity index (χ1v) is 4.58. The van der Waals surface area contributed by atoms with Crippen molar-refractivity contribution in [3.05, 3.63) is 60.7 Å². The van der Waals surface area contributed by atoms with Crippen LogP contribution < -0.4 is 0 Å². The van der Waals surface area contributed by atoms with Crippen molar-refractivity contribution in [2.75, 3.05) is 0 Å². The summed E-state index contributed by atoms with van der Waals surface area (Å²) in [6.45, 7) is 0. The van der Waals surface area contributed by atoms with Crippen LogP contribution in [0.4, 0.5) is 9.05 Å². The highest BCUT2D eigenvalue weighted by molar-refractivity contribution is 5.19. The highest BCUT2D eigenvalue weighted by atomic mass is 19.6. The maximum Gasteiger partial charge on any atom is 0.115 e. The second kappa shape index (κ2) is 10.4. The van der Waals surface area contributed by atoms with Gasteiger partial charge in [0, 0.05) is 5.15 Å². The van der Waals surface area contributed by atoms with E-state index in [1.165, 1.54) is 5.15 Å². The van der Waals surface area contributed by atoms with Crippen LogP contribution in [0.2, 0.25) is 0 Å². The lowest BCUT2D eigenvalue weighted by molar-refractivity contribution is -0.317. The number of benzene rings is 2. The van der Waals surface area contributed by atoms with Crippen LogP contribution in [0, 0.1) is 0 Å². The fourth-order valence-corrected chi connectivity index (χ4v) is 0.856. The lowest BCUT2D eigenvalue weighted by atomic mass is 10.3. The third kappa shape index (κ3) is 10.1. The number of hydrogen-bond donors (Lipinski definition) is 2. The molecule has 0 heterocycles. The fraction of sp³-hybridized carbons (Fsp3) is 0. The highest BCUT2D eigenvalue weighted by Crippen LogP contribution is 2.03. The molecule has 0 spiro atoms. The Morgan fingerprint density at radius 1 is 0.647 bits per heavy atom. The second-order valence-corrected chi connectivity index (χ2v) is 2.73. The van der Waals surface area contributed by atoms with Gasteiger partial charge in [0.2, 0.25) is 0 Å². The molecule has 0 saturated heterocycles. The molecular formula is C12H12F2O3. The number of rotatable bonds is 0. The lowest BCUT2D eigenvalue weighted by Crippen LogP contribution is -1.56. The predicted molar refractivity (Wildman–Crippen MR) is 59.5 cm³/mol. The van der Waals surface area contributed by atoms with E-state index < -0.39 is 0 Å². The van der Waals surface area contributed by atoms with Crippen LogP contribution in [-0.2, 0) is 5.15 Å². The molecule has 0 fully saturated rings. The molecule has 0 aliphatic rings. The Labute approximate surface area is 97.3 Å². The van der Waals surface area contributed by atoms with Gasteiger partial charge in [0.05, 0.1) is 0 Å². The van der Waals surface area contributed by atoms with Gasteiger partial charge in [0.1, 0.15) is 11.5 Å². The van der Waals surface area contributed by atoms with E-state index >= 15 is 0 Å². The maximum absolute atomic E-state index is 9.12. The number of halogens is 2. The van der Waals surface area contributed by atoms with Gasteiger partial charge >= 0.3 is 0 Å². The first-order valence-electron chi connectivity index (χ1n) is 4.58. The SMILES string of the molecule is FOF.Oc1ccccc1.Oc1ccccc1. The summed E-state index contributed by atoms with van der Waals surface area (Å²) in [5.74, 6) is 0.644. The third-order valence-corrected chi connectivity index (χ3v) is 1.51. The minimum Gasteiger partial charge on any atom is -0.508 e. The standard InChI is InChI=1S/2C6H6O.F2O/c2*7-6-4-2-1-3-5-6;1-3-2/h2*1-5,7H;. The zero-order valence-corrected chi connectivity index (χ0v) is 8.83. The van der Waals surface area contributed by atoms with Gasteiger partial charge in [0.25, 0.3) is 0 Å². The van der Waals surface area contributed by atoms with Crippen molar-refractivity contribution in [1.29, 1.82) is 0 Å². The van der Waals surface area contributed by atoms with Crippen LogP contribution in [0.5, 0.6) is 11.5 Å². The van der Waals surface area contributed by atoms with Gasteiger partial charge in [-0.15, -0.1) is 0 Å². The average molecular weight is 242 g/mol. The minimum absolute atomic E-state index is 0.322. The molecular weight excluding hydrogens is 230 g/mol. The van der Waals surface area contributed by atoms with Gasteiger partial charge in [-0.05, 0) is 33.3 Å².